The van der Waals surface area contributed by atoms with Gasteiger partial charge in [-0.3, -0.25) is 9.36 Å². The van der Waals surface area contributed by atoms with Gasteiger partial charge in [0.1, 0.15) is 11.5 Å². The highest BCUT2D eigenvalue weighted by molar-refractivity contribution is 7.99. The fraction of sp³-hybridized carbons (Fsp3) is 0.208. The van der Waals surface area contributed by atoms with Crippen LogP contribution in [0.2, 0.25) is 0 Å². The van der Waals surface area contributed by atoms with Crippen molar-refractivity contribution in [2.45, 2.75) is 25.0 Å². The maximum atomic E-state index is 12.5. The van der Waals surface area contributed by atoms with Crippen molar-refractivity contribution in [3.8, 4) is 17.1 Å². The van der Waals surface area contributed by atoms with Crippen LogP contribution < -0.4 is 10.1 Å². The van der Waals surface area contributed by atoms with E-state index in [9.17, 15) is 4.79 Å². The molecule has 0 aliphatic heterocycles. The van der Waals surface area contributed by atoms with Gasteiger partial charge in [0.05, 0.1) is 25.7 Å². The van der Waals surface area contributed by atoms with Crippen molar-refractivity contribution in [3.63, 3.8) is 0 Å². The summed E-state index contributed by atoms with van der Waals surface area (Å²) in [5.41, 5.74) is 2.84. The Bertz CT molecular complexity index is 1190. The first kappa shape index (κ1) is 21.7. The number of furan rings is 1. The lowest BCUT2D eigenvalue weighted by atomic mass is 10.1. The van der Waals surface area contributed by atoms with Crippen molar-refractivity contribution in [2.24, 2.45) is 0 Å². The lowest BCUT2D eigenvalue weighted by molar-refractivity contribution is -0.113. The van der Waals surface area contributed by atoms with E-state index < -0.39 is 0 Å². The molecule has 8 heteroatoms. The van der Waals surface area contributed by atoms with Crippen molar-refractivity contribution in [1.82, 2.24) is 14.8 Å². The van der Waals surface area contributed by atoms with Gasteiger partial charge in [0.2, 0.25) is 5.91 Å². The Morgan fingerprint density at radius 2 is 2.00 bits per heavy atom. The van der Waals surface area contributed by atoms with Crippen molar-refractivity contribution >= 4 is 23.4 Å². The van der Waals surface area contributed by atoms with E-state index >= 15 is 0 Å². The molecule has 0 spiro atoms. The minimum atomic E-state index is -0.0984. The maximum Gasteiger partial charge on any atom is 0.234 e. The lowest BCUT2D eigenvalue weighted by Gasteiger charge is -2.10. The molecule has 0 fully saturated rings. The van der Waals surface area contributed by atoms with E-state index in [4.69, 9.17) is 9.15 Å². The van der Waals surface area contributed by atoms with E-state index in [1.807, 2.05) is 65.2 Å². The van der Waals surface area contributed by atoms with Crippen molar-refractivity contribution in [1.29, 1.82) is 0 Å². The number of rotatable bonds is 9. The first-order valence-corrected chi connectivity index (χ1v) is 11.3. The molecule has 1 amide bonds. The van der Waals surface area contributed by atoms with E-state index in [1.54, 1.807) is 13.4 Å². The standard InChI is InChI=1S/C24H24N4O3S/c1-3-17-7-4-9-19(13-17)25-22(29)16-32-24-27-26-23(18-8-5-10-20(14-18)30-2)28(24)15-21-11-6-12-31-21/h4-14H,3,15-16H2,1-2H3,(H,25,29). The van der Waals surface area contributed by atoms with Gasteiger partial charge in [-0.05, 0) is 48.4 Å². The molecule has 2 aromatic carbocycles. The topological polar surface area (TPSA) is 82.2 Å². The largest absolute Gasteiger partial charge is 0.497 e. The highest BCUT2D eigenvalue weighted by Crippen LogP contribution is 2.27. The van der Waals surface area contributed by atoms with Gasteiger partial charge in [0.15, 0.2) is 11.0 Å². The fourth-order valence-electron chi connectivity index (χ4n) is 3.27. The quantitative estimate of drug-likeness (QED) is 0.367. The fourth-order valence-corrected chi connectivity index (χ4v) is 4.01. The van der Waals surface area contributed by atoms with Crippen LogP contribution in [-0.2, 0) is 17.8 Å². The monoisotopic (exact) mass is 448 g/mol. The number of benzene rings is 2. The molecule has 0 saturated heterocycles. The Morgan fingerprint density at radius 1 is 1.12 bits per heavy atom. The molecular formula is C24H24N4O3S. The normalized spacial score (nSPS) is 10.8. The number of thioether (sulfide) groups is 1. The van der Waals surface area contributed by atoms with Gasteiger partial charge in [-0.2, -0.15) is 0 Å². The van der Waals surface area contributed by atoms with E-state index in [0.717, 1.165) is 29.2 Å². The molecule has 2 heterocycles. The molecule has 0 aliphatic carbocycles. The van der Waals surface area contributed by atoms with Crippen LogP contribution in [0.4, 0.5) is 5.69 Å². The van der Waals surface area contributed by atoms with Gasteiger partial charge in [0.25, 0.3) is 0 Å². The van der Waals surface area contributed by atoms with Crippen molar-refractivity contribution in [2.75, 3.05) is 18.2 Å². The molecule has 4 aromatic rings. The number of nitrogens with zero attached hydrogens (tertiary/aromatic N) is 3. The summed E-state index contributed by atoms with van der Waals surface area (Å²) in [6.45, 7) is 2.54. The molecule has 0 bridgehead atoms. The predicted molar refractivity (Wildman–Crippen MR) is 125 cm³/mol. The third kappa shape index (κ3) is 5.20. The van der Waals surface area contributed by atoms with Crippen LogP contribution in [0.5, 0.6) is 5.75 Å². The number of hydrogen-bond donors (Lipinski definition) is 1. The minimum absolute atomic E-state index is 0.0984. The van der Waals surface area contributed by atoms with Crippen LogP contribution in [0, 0.1) is 0 Å². The third-order valence-corrected chi connectivity index (χ3v) is 5.86. The van der Waals surface area contributed by atoms with E-state index in [0.29, 0.717) is 17.5 Å². The summed E-state index contributed by atoms with van der Waals surface area (Å²) in [5.74, 6) is 2.30. The first-order chi connectivity index (χ1) is 15.7. The summed E-state index contributed by atoms with van der Waals surface area (Å²) < 4.78 is 12.8. The summed E-state index contributed by atoms with van der Waals surface area (Å²) in [6, 6.07) is 19.3. The van der Waals surface area contributed by atoms with Crippen molar-refractivity contribution < 1.29 is 13.9 Å². The molecule has 2 aromatic heterocycles. The van der Waals surface area contributed by atoms with Gasteiger partial charge in [0, 0.05) is 11.3 Å². The Morgan fingerprint density at radius 3 is 2.78 bits per heavy atom. The Balaban J connectivity index is 1.53. The summed E-state index contributed by atoms with van der Waals surface area (Å²) in [6.07, 6.45) is 2.55. The Hall–Kier alpha value is -3.52. The van der Waals surface area contributed by atoms with Gasteiger partial charge < -0.3 is 14.5 Å². The van der Waals surface area contributed by atoms with Crippen LogP contribution in [0.25, 0.3) is 11.4 Å². The van der Waals surface area contributed by atoms with Crippen LogP contribution >= 0.6 is 11.8 Å². The number of methoxy groups -OCH3 is 1. The second-order valence-corrected chi connectivity index (χ2v) is 8.04. The SMILES string of the molecule is CCc1cccc(NC(=O)CSc2nnc(-c3cccc(OC)c3)n2Cc2ccco2)c1. The van der Waals surface area contributed by atoms with E-state index in [1.165, 1.54) is 17.3 Å². The second-order valence-electron chi connectivity index (χ2n) is 7.09. The zero-order valence-electron chi connectivity index (χ0n) is 17.9. The van der Waals surface area contributed by atoms with Crippen molar-refractivity contribution in [3.05, 3.63) is 78.3 Å². The molecule has 164 valence electrons. The van der Waals surface area contributed by atoms with Gasteiger partial charge >= 0.3 is 0 Å². The predicted octanol–water partition coefficient (Wildman–Crippen LogP) is 4.89. The molecule has 0 saturated carbocycles. The van der Waals surface area contributed by atoms with Gasteiger partial charge in [-0.1, -0.05) is 43.0 Å². The smallest absolute Gasteiger partial charge is 0.234 e. The Labute approximate surface area is 190 Å². The second kappa shape index (κ2) is 10.2. The highest BCUT2D eigenvalue weighted by atomic mass is 32.2. The van der Waals surface area contributed by atoms with Crippen LogP contribution in [0.3, 0.4) is 0 Å². The van der Waals surface area contributed by atoms with Gasteiger partial charge in [-0.25, -0.2) is 0 Å². The molecule has 7 nitrogen and oxygen atoms in total. The lowest BCUT2D eigenvalue weighted by Crippen LogP contribution is -2.15. The zero-order chi connectivity index (χ0) is 22.3. The number of anilines is 1. The number of nitrogens with one attached hydrogen (secondary N) is 1. The molecule has 0 aliphatic rings. The Kier molecular flexibility index (Phi) is 6.91. The number of aromatic nitrogens is 3. The molecule has 0 atom stereocenters. The number of amides is 1. The maximum absolute atomic E-state index is 12.5. The summed E-state index contributed by atoms with van der Waals surface area (Å²) in [4.78, 5) is 12.5. The van der Waals surface area contributed by atoms with Crippen LogP contribution in [-0.4, -0.2) is 33.5 Å². The summed E-state index contributed by atoms with van der Waals surface area (Å²) in [7, 11) is 1.63. The number of hydrogen-bond acceptors (Lipinski definition) is 6. The average molecular weight is 449 g/mol. The zero-order valence-corrected chi connectivity index (χ0v) is 18.8. The summed E-state index contributed by atoms with van der Waals surface area (Å²) >= 11 is 1.34. The average Bonchev–Trinajstić information content (AvgIpc) is 3.48. The molecule has 0 unspecified atom stereocenters. The van der Waals surface area contributed by atoms with E-state index in [-0.39, 0.29) is 11.7 Å². The first-order valence-electron chi connectivity index (χ1n) is 10.3. The molecule has 0 radical (unpaired) electrons. The minimum Gasteiger partial charge on any atom is -0.497 e. The number of carbonyl (C=O) groups excluding carboxylic acids is 1. The van der Waals surface area contributed by atoms with Crippen LogP contribution in [0.15, 0.2) is 76.5 Å². The highest BCUT2D eigenvalue weighted by Gasteiger charge is 2.17. The molecular weight excluding hydrogens is 424 g/mol. The van der Waals surface area contributed by atoms with Crippen LogP contribution in [0.1, 0.15) is 18.2 Å². The van der Waals surface area contributed by atoms with Gasteiger partial charge in [-0.15, -0.1) is 10.2 Å². The molecule has 32 heavy (non-hydrogen) atoms. The third-order valence-electron chi connectivity index (χ3n) is 4.89. The number of carbonyl (C=O) groups is 1. The summed E-state index contributed by atoms with van der Waals surface area (Å²) in [5, 5.41) is 12.3. The molecule has 4 rings (SSSR count). The molecule has 1 N–H and O–H groups in total. The van der Waals surface area contributed by atoms with E-state index in [2.05, 4.69) is 22.4 Å². The number of aryl methyl sites for hydroxylation is 1. The number of ether oxygens (including phenoxy) is 1.